The highest BCUT2D eigenvalue weighted by Crippen LogP contribution is 2.16. The SMILES string of the molecule is COc1ccc(C=CC(=O)N2CCC(CN)C2)cc1. The average molecular weight is 260 g/mol. The number of benzene rings is 1. The molecule has 1 aromatic rings. The summed E-state index contributed by atoms with van der Waals surface area (Å²) in [5.41, 5.74) is 6.61. The fraction of sp³-hybridized carbons (Fsp3) is 0.400. The molecule has 0 aliphatic carbocycles. The van der Waals surface area contributed by atoms with Crippen molar-refractivity contribution in [1.82, 2.24) is 4.90 Å². The predicted octanol–water partition coefficient (Wildman–Crippen LogP) is 1.52. The highest BCUT2D eigenvalue weighted by Gasteiger charge is 2.23. The molecule has 2 rings (SSSR count). The minimum atomic E-state index is 0.0618. The van der Waals surface area contributed by atoms with E-state index in [4.69, 9.17) is 10.5 Å². The van der Waals surface area contributed by atoms with Gasteiger partial charge in [-0.05, 0) is 42.7 Å². The van der Waals surface area contributed by atoms with Crippen LogP contribution in [0.2, 0.25) is 0 Å². The fourth-order valence-electron chi connectivity index (χ4n) is 2.21. The summed E-state index contributed by atoms with van der Waals surface area (Å²) in [4.78, 5) is 13.8. The molecular weight excluding hydrogens is 240 g/mol. The smallest absolute Gasteiger partial charge is 0.246 e. The van der Waals surface area contributed by atoms with E-state index in [9.17, 15) is 4.79 Å². The van der Waals surface area contributed by atoms with Gasteiger partial charge in [0.15, 0.2) is 0 Å². The van der Waals surface area contributed by atoms with Crippen LogP contribution in [0.1, 0.15) is 12.0 Å². The number of rotatable bonds is 4. The van der Waals surface area contributed by atoms with Crippen LogP contribution in [0.4, 0.5) is 0 Å². The number of carbonyl (C=O) groups is 1. The predicted molar refractivity (Wildman–Crippen MR) is 75.8 cm³/mol. The molecule has 1 aromatic carbocycles. The summed E-state index contributed by atoms with van der Waals surface area (Å²) in [7, 11) is 1.63. The lowest BCUT2D eigenvalue weighted by Gasteiger charge is -2.13. The number of likely N-dealkylation sites (tertiary alicyclic amines) is 1. The first-order chi connectivity index (χ1) is 9.22. The Morgan fingerprint density at radius 1 is 1.47 bits per heavy atom. The van der Waals surface area contributed by atoms with Crippen LogP contribution >= 0.6 is 0 Å². The Labute approximate surface area is 113 Å². The van der Waals surface area contributed by atoms with Gasteiger partial charge < -0.3 is 15.4 Å². The van der Waals surface area contributed by atoms with E-state index in [1.807, 2.05) is 35.2 Å². The minimum absolute atomic E-state index is 0.0618. The third-order valence-electron chi connectivity index (χ3n) is 3.47. The molecule has 1 fully saturated rings. The fourth-order valence-corrected chi connectivity index (χ4v) is 2.21. The second kappa shape index (κ2) is 6.38. The zero-order valence-corrected chi connectivity index (χ0v) is 11.2. The van der Waals surface area contributed by atoms with Crippen LogP contribution in [0, 0.1) is 5.92 Å². The summed E-state index contributed by atoms with van der Waals surface area (Å²) < 4.78 is 5.09. The second-order valence-electron chi connectivity index (χ2n) is 4.78. The number of nitrogens with two attached hydrogens (primary N) is 1. The Balaban J connectivity index is 1.92. The molecule has 19 heavy (non-hydrogen) atoms. The maximum absolute atomic E-state index is 12.0. The van der Waals surface area contributed by atoms with Gasteiger partial charge in [-0.15, -0.1) is 0 Å². The Morgan fingerprint density at radius 2 is 2.21 bits per heavy atom. The van der Waals surface area contributed by atoms with Gasteiger partial charge in [-0.25, -0.2) is 0 Å². The molecule has 1 aliphatic rings. The number of ether oxygens (including phenoxy) is 1. The molecule has 1 heterocycles. The molecule has 0 aromatic heterocycles. The van der Waals surface area contributed by atoms with Crippen molar-refractivity contribution in [3.8, 4) is 5.75 Å². The molecule has 4 nitrogen and oxygen atoms in total. The Kier molecular flexibility index (Phi) is 4.58. The molecule has 0 saturated carbocycles. The van der Waals surface area contributed by atoms with Crippen molar-refractivity contribution in [1.29, 1.82) is 0 Å². The van der Waals surface area contributed by atoms with E-state index in [1.165, 1.54) is 0 Å². The first kappa shape index (κ1) is 13.6. The van der Waals surface area contributed by atoms with Crippen molar-refractivity contribution in [2.75, 3.05) is 26.7 Å². The average Bonchev–Trinajstić information content (AvgIpc) is 2.94. The number of carbonyl (C=O) groups excluding carboxylic acids is 1. The van der Waals surface area contributed by atoms with E-state index in [2.05, 4.69) is 0 Å². The molecule has 0 radical (unpaired) electrons. The molecule has 1 unspecified atom stereocenters. The summed E-state index contributed by atoms with van der Waals surface area (Å²) in [6, 6.07) is 7.61. The molecule has 0 spiro atoms. The summed E-state index contributed by atoms with van der Waals surface area (Å²) >= 11 is 0. The highest BCUT2D eigenvalue weighted by atomic mass is 16.5. The van der Waals surface area contributed by atoms with Gasteiger partial charge in [0.2, 0.25) is 5.91 Å². The van der Waals surface area contributed by atoms with E-state index in [-0.39, 0.29) is 5.91 Å². The summed E-state index contributed by atoms with van der Waals surface area (Å²) in [6.45, 7) is 2.25. The van der Waals surface area contributed by atoms with E-state index in [0.717, 1.165) is 30.8 Å². The van der Waals surface area contributed by atoms with Crippen molar-refractivity contribution >= 4 is 12.0 Å². The molecule has 1 atom stereocenters. The Bertz CT molecular complexity index is 454. The lowest BCUT2D eigenvalue weighted by atomic mass is 10.1. The van der Waals surface area contributed by atoms with Crippen LogP contribution in [-0.2, 0) is 4.79 Å². The zero-order chi connectivity index (χ0) is 13.7. The number of hydrogen-bond acceptors (Lipinski definition) is 3. The molecule has 1 aliphatic heterocycles. The number of methoxy groups -OCH3 is 1. The van der Waals surface area contributed by atoms with Gasteiger partial charge in [0.25, 0.3) is 0 Å². The normalized spacial score (nSPS) is 19.1. The second-order valence-corrected chi connectivity index (χ2v) is 4.78. The van der Waals surface area contributed by atoms with Gasteiger partial charge in [-0.2, -0.15) is 0 Å². The minimum Gasteiger partial charge on any atom is -0.497 e. The van der Waals surface area contributed by atoms with Gasteiger partial charge in [-0.1, -0.05) is 12.1 Å². The molecule has 4 heteroatoms. The van der Waals surface area contributed by atoms with Crippen molar-refractivity contribution in [3.05, 3.63) is 35.9 Å². The van der Waals surface area contributed by atoms with Crippen LogP contribution in [0.15, 0.2) is 30.3 Å². The molecule has 1 saturated heterocycles. The maximum Gasteiger partial charge on any atom is 0.246 e. The number of hydrogen-bond donors (Lipinski definition) is 1. The first-order valence-electron chi connectivity index (χ1n) is 6.54. The first-order valence-corrected chi connectivity index (χ1v) is 6.54. The van der Waals surface area contributed by atoms with Gasteiger partial charge in [-0.3, -0.25) is 4.79 Å². The van der Waals surface area contributed by atoms with Gasteiger partial charge >= 0.3 is 0 Å². The number of nitrogens with zero attached hydrogens (tertiary/aromatic N) is 1. The topological polar surface area (TPSA) is 55.6 Å². The Hall–Kier alpha value is -1.81. The molecule has 102 valence electrons. The van der Waals surface area contributed by atoms with Crippen LogP contribution in [-0.4, -0.2) is 37.6 Å². The zero-order valence-electron chi connectivity index (χ0n) is 11.2. The van der Waals surface area contributed by atoms with E-state index in [0.29, 0.717) is 12.5 Å². The third kappa shape index (κ3) is 3.58. The van der Waals surface area contributed by atoms with Gasteiger partial charge in [0.1, 0.15) is 5.75 Å². The molecule has 0 bridgehead atoms. The van der Waals surface area contributed by atoms with E-state index >= 15 is 0 Å². The van der Waals surface area contributed by atoms with Crippen LogP contribution in [0.5, 0.6) is 5.75 Å². The molecule has 1 amide bonds. The van der Waals surface area contributed by atoms with Gasteiger partial charge in [0, 0.05) is 19.2 Å². The molecule has 2 N–H and O–H groups in total. The lowest BCUT2D eigenvalue weighted by Crippen LogP contribution is -2.28. The van der Waals surface area contributed by atoms with Crippen molar-refractivity contribution < 1.29 is 9.53 Å². The quantitative estimate of drug-likeness (QED) is 0.835. The largest absolute Gasteiger partial charge is 0.497 e. The summed E-state index contributed by atoms with van der Waals surface area (Å²) in [5.74, 6) is 1.33. The van der Waals surface area contributed by atoms with Crippen LogP contribution in [0.3, 0.4) is 0 Å². The molecular formula is C15H20N2O2. The van der Waals surface area contributed by atoms with Gasteiger partial charge in [0.05, 0.1) is 7.11 Å². The summed E-state index contributed by atoms with van der Waals surface area (Å²) in [6.07, 6.45) is 4.47. The Morgan fingerprint density at radius 3 is 2.79 bits per heavy atom. The van der Waals surface area contributed by atoms with E-state index < -0.39 is 0 Å². The van der Waals surface area contributed by atoms with Crippen molar-refractivity contribution in [3.63, 3.8) is 0 Å². The van der Waals surface area contributed by atoms with Crippen molar-refractivity contribution in [2.45, 2.75) is 6.42 Å². The van der Waals surface area contributed by atoms with Crippen LogP contribution in [0.25, 0.3) is 6.08 Å². The van der Waals surface area contributed by atoms with Crippen molar-refractivity contribution in [2.24, 2.45) is 11.7 Å². The summed E-state index contributed by atoms with van der Waals surface area (Å²) in [5, 5.41) is 0. The monoisotopic (exact) mass is 260 g/mol. The lowest BCUT2D eigenvalue weighted by molar-refractivity contribution is -0.125. The maximum atomic E-state index is 12.0. The van der Waals surface area contributed by atoms with Crippen LogP contribution < -0.4 is 10.5 Å². The van der Waals surface area contributed by atoms with E-state index in [1.54, 1.807) is 13.2 Å². The highest BCUT2D eigenvalue weighted by molar-refractivity contribution is 5.91. The third-order valence-corrected chi connectivity index (χ3v) is 3.47. The number of amides is 1. The standard InChI is InChI=1S/C15H20N2O2/c1-19-14-5-2-12(3-6-14)4-7-15(18)17-9-8-13(10-16)11-17/h2-7,13H,8-11,16H2,1H3.